The number of rotatable bonds is 7. The van der Waals surface area contributed by atoms with Crippen LogP contribution in [0.25, 0.3) is 0 Å². The second kappa shape index (κ2) is 9.94. The van der Waals surface area contributed by atoms with Crippen LogP contribution >= 0.6 is 24.2 Å². The SMILES string of the molecule is CNCCC(=O)Nc1cc(C(F)(F)F)ccc1SCC(F)F.Cl. The predicted molar refractivity (Wildman–Crippen MR) is 82.6 cm³/mol. The molecule has 0 atom stereocenters. The van der Waals surface area contributed by atoms with Gasteiger partial charge in [-0.15, -0.1) is 24.2 Å². The molecule has 0 saturated heterocycles. The van der Waals surface area contributed by atoms with Gasteiger partial charge in [-0.3, -0.25) is 4.79 Å². The molecule has 1 amide bonds. The van der Waals surface area contributed by atoms with E-state index in [1.807, 2.05) is 0 Å². The molecule has 0 bridgehead atoms. The molecular weight excluding hydrogens is 363 g/mol. The molecule has 2 N–H and O–H groups in total. The zero-order valence-electron chi connectivity index (χ0n) is 12.0. The van der Waals surface area contributed by atoms with E-state index in [0.29, 0.717) is 18.3 Å². The summed E-state index contributed by atoms with van der Waals surface area (Å²) in [4.78, 5) is 11.8. The number of anilines is 1. The number of hydrogen-bond donors (Lipinski definition) is 2. The highest BCUT2D eigenvalue weighted by Crippen LogP contribution is 2.36. The van der Waals surface area contributed by atoms with Crippen LogP contribution in [0.15, 0.2) is 23.1 Å². The van der Waals surface area contributed by atoms with Crippen LogP contribution in [0.5, 0.6) is 0 Å². The van der Waals surface area contributed by atoms with Crippen LogP contribution < -0.4 is 10.6 Å². The smallest absolute Gasteiger partial charge is 0.325 e. The first-order valence-electron chi connectivity index (χ1n) is 6.30. The highest BCUT2D eigenvalue weighted by atomic mass is 35.5. The quantitative estimate of drug-likeness (QED) is 0.556. The molecule has 0 radical (unpaired) electrons. The molecule has 0 aromatic heterocycles. The summed E-state index contributed by atoms with van der Waals surface area (Å²) in [5.74, 6) is -1.06. The van der Waals surface area contributed by atoms with Crippen LogP contribution in [0, 0.1) is 0 Å². The molecule has 1 aromatic rings. The molecule has 0 aliphatic rings. The van der Waals surface area contributed by atoms with Crippen molar-refractivity contribution in [2.75, 3.05) is 24.7 Å². The first-order chi connectivity index (χ1) is 10.2. The first kappa shape index (κ1) is 21.9. The molecule has 1 rings (SSSR count). The van der Waals surface area contributed by atoms with Crippen molar-refractivity contribution in [3.8, 4) is 0 Å². The highest BCUT2D eigenvalue weighted by molar-refractivity contribution is 7.99. The van der Waals surface area contributed by atoms with Gasteiger partial charge in [-0.1, -0.05) is 0 Å². The highest BCUT2D eigenvalue weighted by Gasteiger charge is 2.31. The molecule has 10 heteroatoms. The Hall–Kier alpha value is -1.06. The van der Waals surface area contributed by atoms with E-state index in [9.17, 15) is 26.7 Å². The lowest BCUT2D eigenvalue weighted by atomic mass is 10.2. The largest absolute Gasteiger partial charge is 0.416 e. The van der Waals surface area contributed by atoms with E-state index in [-0.39, 0.29) is 29.4 Å². The van der Waals surface area contributed by atoms with Gasteiger partial charge in [0, 0.05) is 17.9 Å². The van der Waals surface area contributed by atoms with Crippen LogP contribution in [-0.2, 0) is 11.0 Å². The van der Waals surface area contributed by atoms with E-state index < -0.39 is 29.8 Å². The fourth-order valence-corrected chi connectivity index (χ4v) is 2.27. The minimum absolute atomic E-state index is 0. The van der Waals surface area contributed by atoms with Crippen LogP contribution in [0.4, 0.5) is 27.6 Å². The Bertz CT molecular complexity index is 514. The minimum atomic E-state index is -4.57. The summed E-state index contributed by atoms with van der Waals surface area (Å²) in [6.07, 6.45) is -7.11. The van der Waals surface area contributed by atoms with E-state index in [2.05, 4.69) is 10.6 Å². The second-order valence-corrected chi connectivity index (χ2v) is 5.37. The maximum Gasteiger partial charge on any atom is 0.416 e. The van der Waals surface area contributed by atoms with E-state index in [1.165, 1.54) is 0 Å². The van der Waals surface area contributed by atoms with Crippen molar-refractivity contribution in [3.05, 3.63) is 23.8 Å². The molecule has 0 heterocycles. The maximum absolute atomic E-state index is 12.7. The monoisotopic (exact) mass is 378 g/mol. The Balaban J connectivity index is 0.00000484. The number of halogens is 6. The van der Waals surface area contributed by atoms with E-state index >= 15 is 0 Å². The Morgan fingerprint density at radius 1 is 1.30 bits per heavy atom. The number of nitrogens with one attached hydrogen (secondary N) is 2. The Morgan fingerprint density at radius 3 is 2.48 bits per heavy atom. The van der Waals surface area contributed by atoms with Crippen molar-refractivity contribution >= 4 is 35.8 Å². The van der Waals surface area contributed by atoms with Gasteiger partial charge in [-0.25, -0.2) is 8.78 Å². The van der Waals surface area contributed by atoms with Crippen LogP contribution in [0.2, 0.25) is 0 Å². The topological polar surface area (TPSA) is 41.1 Å². The Morgan fingerprint density at radius 2 is 1.96 bits per heavy atom. The van der Waals surface area contributed by atoms with E-state index in [4.69, 9.17) is 0 Å². The number of amides is 1. The lowest BCUT2D eigenvalue weighted by molar-refractivity contribution is -0.137. The number of carbonyl (C=O) groups excluding carboxylic acids is 1. The molecular formula is C13H16ClF5N2OS. The van der Waals surface area contributed by atoms with Gasteiger partial charge in [-0.2, -0.15) is 13.2 Å². The van der Waals surface area contributed by atoms with Crippen molar-refractivity contribution in [3.63, 3.8) is 0 Å². The first-order valence-corrected chi connectivity index (χ1v) is 7.29. The molecule has 23 heavy (non-hydrogen) atoms. The van der Waals surface area contributed by atoms with Gasteiger partial charge in [0.05, 0.1) is 17.0 Å². The molecule has 0 saturated carbocycles. The Labute approximate surface area is 140 Å². The minimum Gasteiger partial charge on any atom is -0.325 e. The van der Waals surface area contributed by atoms with Crippen molar-refractivity contribution in [2.24, 2.45) is 0 Å². The summed E-state index contributed by atoms with van der Waals surface area (Å²) < 4.78 is 62.6. The molecule has 3 nitrogen and oxygen atoms in total. The second-order valence-electron chi connectivity index (χ2n) is 4.31. The van der Waals surface area contributed by atoms with Crippen molar-refractivity contribution in [1.29, 1.82) is 0 Å². The van der Waals surface area contributed by atoms with Gasteiger partial charge in [-0.05, 0) is 25.2 Å². The lowest BCUT2D eigenvalue weighted by Gasteiger charge is -2.14. The van der Waals surface area contributed by atoms with Crippen LogP contribution in [-0.4, -0.2) is 31.7 Å². The molecule has 132 valence electrons. The maximum atomic E-state index is 12.7. The van der Waals surface area contributed by atoms with Gasteiger partial charge in [0.1, 0.15) is 0 Å². The number of hydrogen-bond acceptors (Lipinski definition) is 3. The summed E-state index contributed by atoms with van der Waals surface area (Å²) in [7, 11) is 1.63. The summed E-state index contributed by atoms with van der Waals surface area (Å²) in [5.41, 5.74) is -1.06. The zero-order chi connectivity index (χ0) is 16.8. The van der Waals surface area contributed by atoms with Crippen LogP contribution in [0.3, 0.4) is 0 Å². The van der Waals surface area contributed by atoms with Gasteiger partial charge in [0.2, 0.25) is 12.3 Å². The van der Waals surface area contributed by atoms with Gasteiger partial charge in [0.15, 0.2) is 0 Å². The number of carbonyl (C=O) groups is 1. The number of alkyl halides is 5. The molecule has 0 spiro atoms. The average Bonchev–Trinajstić information content (AvgIpc) is 2.42. The lowest BCUT2D eigenvalue weighted by Crippen LogP contribution is -2.19. The molecule has 0 unspecified atom stereocenters. The molecule has 0 fully saturated rings. The fourth-order valence-electron chi connectivity index (χ4n) is 1.53. The third-order valence-electron chi connectivity index (χ3n) is 2.55. The van der Waals surface area contributed by atoms with Gasteiger partial charge >= 0.3 is 6.18 Å². The van der Waals surface area contributed by atoms with Crippen molar-refractivity contribution < 1.29 is 26.7 Å². The summed E-state index contributed by atoms with van der Waals surface area (Å²) in [6, 6.07) is 2.64. The van der Waals surface area contributed by atoms with E-state index in [0.717, 1.165) is 18.2 Å². The molecule has 1 aromatic carbocycles. The average molecular weight is 379 g/mol. The normalized spacial score (nSPS) is 11.3. The van der Waals surface area contributed by atoms with Gasteiger partial charge in [0.25, 0.3) is 0 Å². The van der Waals surface area contributed by atoms with Crippen LogP contribution in [0.1, 0.15) is 12.0 Å². The summed E-state index contributed by atoms with van der Waals surface area (Å²) in [5, 5.41) is 5.07. The third-order valence-corrected chi connectivity index (χ3v) is 3.63. The van der Waals surface area contributed by atoms with Crippen molar-refractivity contribution in [1.82, 2.24) is 5.32 Å². The summed E-state index contributed by atoms with van der Waals surface area (Å²) >= 11 is 0.693. The predicted octanol–water partition coefficient (Wildman–Crippen LogP) is 4.03. The summed E-state index contributed by atoms with van der Waals surface area (Å²) in [6.45, 7) is 0.351. The molecule has 0 aliphatic heterocycles. The standard InChI is InChI=1S/C13H15F5N2OS.ClH/c1-19-5-4-12(21)20-9-6-8(13(16,17)18)2-3-10(9)22-7-11(14)15;/h2-3,6,11,19H,4-5,7H2,1H3,(H,20,21);1H. The number of thioether (sulfide) groups is 1. The van der Waals surface area contributed by atoms with Gasteiger partial charge < -0.3 is 10.6 Å². The molecule has 0 aliphatic carbocycles. The Kier molecular flexibility index (Phi) is 9.48. The zero-order valence-corrected chi connectivity index (χ0v) is 13.7. The third kappa shape index (κ3) is 7.85. The van der Waals surface area contributed by atoms with E-state index in [1.54, 1.807) is 7.05 Å². The van der Waals surface area contributed by atoms with Crippen molar-refractivity contribution in [2.45, 2.75) is 23.9 Å². The fraction of sp³-hybridized carbons (Fsp3) is 0.462. The number of benzene rings is 1.